The zero-order valence-corrected chi connectivity index (χ0v) is 10.6. The monoisotopic (exact) mass is 283 g/mol. The second kappa shape index (κ2) is 7.19. The number of benzene rings is 1. The number of carbonyl (C=O) groups excluding carboxylic acids is 2. The number of hydrogen-bond acceptors (Lipinski definition) is 5. The molecule has 5 nitrogen and oxygen atoms in total. The van der Waals surface area contributed by atoms with E-state index in [4.69, 9.17) is 10.00 Å². The fourth-order valence-corrected chi connectivity index (χ4v) is 1.61. The summed E-state index contributed by atoms with van der Waals surface area (Å²) in [7, 11) is 0. The molecule has 1 rings (SSSR count). The molecule has 0 amide bonds. The summed E-state index contributed by atoms with van der Waals surface area (Å²) >= 11 is 0. The smallest absolute Gasteiger partial charge is 0.387 e. The van der Waals surface area contributed by atoms with Crippen LogP contribution < -0.4 is 4.74 Å². The molecule has 0 spiro atoms. The molecule has 7 heteroatoms. The minimum atomic E-state index is -3.11. The summed E-state index contributed by atoms with van der Waals surface area (Å²) in [4.78, 5) is 22.3. The molecule has 0 fully saturated rings. The number of alkyl halides is 2. The van der Waals surface area contributed by atoms with Crippen LogP contribution in [0.15, 0.2) is 12.1 Å². The second-order valence-electron chi connectivity index (χ2n) is 3.60. The predicted octanol–water partition coefficient (Wildman–Crippen LogP) is 2.08. The molecule has 106 valence electrons. The van der Waals surface area contributed by atoms with Crippen LogP contribution in [0.3, 0.4) is 0 Å². The van der Waals surface area contributed by atoms with E-state index in [0.29, 0.717) is 0 Å². The van der Waals surface area contributed by atoms with Gasteiger partial charge in [-0.1, -0.05) is 6.07 Å². The van der Waals surface area contributed by atoms with Gasteiger partial charge in [0.15, 0.2) is 6.29 Å². The van der Waals surface area contributed by atoms with Crippen LogP contribution in [-0.4, -0.2) is 25.5 Å². The van der Waals surface area contributed by atoms with Gasteiger partial charge in [0, 0.05) is 0 Å². The Morgan fingerprint density at radius 1 is 1.50 bits per heavy atom. The molecule has 0 aromatic heterocycles. The molecule has 0 bridgehead atoms. The first-order valence-corrected chi connectivity index (χ1v) is 5.65. The summed E-state index contributed by atoms with van der Waals surface area (Å²) in [5.74, 6) is -0.984. The third kappa shape index (κ3) is 3.75. The summed E-state index contributed by atoms with van der Waals surface area (Å²) in [6, 6.07) is 4.11. The summed E-state index contributed by atoms with van der Waals surface area (Å²) < 4.78 is 33.3. The van der Waals surface area contributed by atoms with Gasteiger partial charge < -0.3 is 9.47 Å². The first-order valence-electron chi connectivity index (χ1n) is 5.65. The van der Waals surface area contributed by atoms with E-state index in [9.17, 15) is 18.4 Å². The van der Waals surface area contributed by atoms with Crippen molar-refractivity contribution in [2.45, 2.75) is 20.0 Å². The number of rotatable bonds is 6. The standard InChI is InChI=1S/C13H11F2NO4/c1-2-19-12(18)5-8-3-4-11(20-13(14)15)10(7-17)9(8)6-16/h3-4,7,13H,2,5H2,1H3. The minimum Gasteiger partial charge on any atom is -0.466 e. The molecule has 1 aromatic rings. The molecule has 1 aromatic carbocycles. The molecule has 0 aliphatic rings. The van der Waals surface area contributed by atoms with Crippen LogP contribution in [0.5, 0.6) is 5.75 Å². The van der Waals surface area contributed by atoms with Crippen molar-refractivity contribution in [3.8, 4) is 11.8 Å². The summed E-state index contributed by atoms with van der Waals surface area (Å²) in [6.07, 6.45) is 0.0114. The van der Waals surface area contributed by atoms with Crippen molar-refractivity contribution in [3.05, 3.63) is 28.8 Å². The Hall–Kier alpha value is -2.49. The molecule has 0 saturated heterocycles. The quantitative estimate of drug-likeness (QED) is 0.590. The SMILES string of the molecule is CCOC(=O)Cc1ccc(OC(F)F)c(C=O)c1C#N. The van der Waals surface area contributed by atoms with E-state index in [2.05, 4.69) is 4.74 Å². The Morgan fingerprint density at radius 2 is 2.20 bits per heavy atom. The Kier molecular flexibility index (Phi) is 5.59. The van der Waals surface area contributed by atoms with Crippen molar-refractivity contribution in [2.24, 2.45) is 0 Å². The van der Waals surface area contributed by atoms with E-state index >= 15 is 0 Å². The van der Waals surface area contributed by atoms with Crippen LogP contribution in [0.2, 0.25) is 0 Å². The van der Waals surface area contributed by atoms with Crippen molar-refractivity contribution < 1.29 is 27.8 Å². The molecule has 0 aliphatic carbocycles. The van der Waals surface area contributed by atoms with E-state index in [-0.39, 0.29) is 36.0 Å². The number of nitriles is 1. The average Bonchev–Trinajstić information content (AvgIpc) is 2.39. The molecule has 0 heterocycles. The van der Waals surface area contributed by atoms with Gasteiger partial charge >= 0.3 is 12.6 Å². The maximum absolute atomic E-state index is 12.2. The highest BCUT2D eigenvalue weighted by Crippen LogP contribution is 2.25. The van der Waals surface area contributed by atoms with E-state index in [1.54, 1.807) is 13.0 Å². The van der Waals surface area contributed by atoms with E-state index < -0.39 is 18.3 Å². The van der Waals surface area contributed by atoms with Crippen LogP contribution in [-0.2, 0) is 16.0 Å². The third-order valence-corrected chi connectivity index (χ3v) is 2.38. The van der Waals surface area contributed by atoms with Crippen LogP contribution >= 0.6 is 0 Å². The fourth-order valence-electron chi connectivity index (χ4n) is 1.61. The Morgan fingerprint density at radius 3 is 2.70 bits per heavy atom. The van der Waals surface area contributed by atoms with Crippen LogP contribution in [0.1, 0.15) is 28.4 Å². The minimum absolute atomic E-state index is 0.174. The summed E-state index contributed by atoms with van der Waals surface area (Å²) in [5.41, 5.74) is -0.268. The normalized spacial score (nSPS) is 9.95. The van der Waals surface area contributed by atoms with Crippen molar-refractivity contribution >= 4 is 12.3 Å². The maximum Gasteiger partial charge on any atom is 0.387 e. The number of aldehydes is 1. The molecule has 0 unspecified atom stereocenters. The molecule has 0 radical (unpaired) electrons. The van der Waals surface area contributed by atoms with Gasteiger partial charge in [0.05, 0.1) is 24.2 Å². The molecule has 0 atom stereocenters. The lowest BCUT2D eigenvalue weighted by Gasteiger charge is -2.11. The zero-order valence-electron chi connectivity index (χ0n) is 10.6. The number of ether oxygens (including phenoxy) is 2. The van der Waals surface area contributed by atoms with Gasteiger partial charge in [-0.3, -0.25) is 9.59 Å². The van der Waals surface area contributed by atoms with Crippen LogP contribution in [0.4, 0.5) is 8.78 Å². The third-order valence-electron chi connectivity index (χ3n) is 2.38. The maximum atomic E-state index is 12.2. The second-order valence-corrected chi connectivity index (χ2v) is 3.60. The lowest BCUT2D eigenvalue weighted by Crippen LogP contribution is -2.11. The fraction of sp³-hybridized carbons (Fsp3) is 0.308. The number of carbonyl (C=O) groups is 2. The van der Waals surface area contributed by atoms with E-state index in [0.717, 1.165) is 6.07 Å². The van der Waals surface area contributed by atoms with Gasteiger partial charge in [-0.2, -0.15) is 14.0 Å². The van der Waals surface area contributed by atoms with Gasteiger partial charge in [-0.15, -0.1) is 0 Å². The first kappa shape index (κ1) is 15.6. The predicted molar refractivity (Wildman–Crippen MR) is 63.5 cm³/mol. The molecule has 0 N–H and O–H groups in total. The number of esters is 1. The van der Waals surface area contributed by atoms with Crippen LogP contribution in [0, 0.1) is 11.3 Å². The highest BCUT2D eigenvalue weighted by atomic mass is 19.3. The lowest BCUT2D eigenvalue weighted by atomic mass is 9.99. The van der Waals surface area contributed by atoms with Gasteiger partial charge in [0.1, 0.15) is 11.8 Å². The Balaban J connectivity index is 3.19. The first-order chi connectivity index (χ1) is 9.53. The largest absolute Gasteiger partial charge is 0.466 e. The lowest BCUT2D eigenvalue weighted by molar-refractivity contribution is -0.142. The van der Waals surface area contributed by atoms with Gasteiger partial charge in [-0.25, -0.2) is 0 Å². The Labute approximate surface area is 113 Å². The molecule has 0 saturated carbocycles. The Bertz CT molecular complexity index is 552. The van der Waals surface area contributed by atoms with Gasteiger partial charge in [0.25, 0.3) is 0 Å². The number of halogens is 2. The van der Waals surface area contributed by atoms with E-state index in [1.165, 1.54) is 6.07 Å². The number of hydrogen-bond donors (Lipinski definition) is 0. The molecule has 20 heavy (non-hydrogen) atoms. The molecular formula is C13H11F2NO4. The van der Waals surface area contributed by atoms with Crippen molar-refractivity contribution in [3.63, 3.8) is 0 Å². The van der Waals surface area contributed by atoms with Gasteiger partial charge in [-0.05, 0) is 18.6 Å². The molecular weight excluding hydrogens is 272 g/mol. The topological polar surface area (TPSA) is 76.4 Å². The highest BCUT2D eigenvalue weighted by Gasteiger charge is 2.18. The zero-order chi connectivity index (χ0) is 15.1. The van der Waals surface area contributed by atoms with Crippen molar-refractivity contribution in [2.75, 3.05) is 6.61 Å². The van der Waals surface area contributed by atoms with Crippen molar-refractivity contribution in [1.29, 1.82) is 5.26 Å². The summed E-state index contributed by atoms with van der Waals surface area (Å²) in [5, 5.41) is 9.03. The van der Waals surface area contributed by atoms with Gasteiger partial charge in [0.2, 0.25) is 0 Å². The molecule has 0 aliphatic heterocycles. The summed E-state index contributed by atoms with van der Waals surface area (Å²) in [6.45, 7) is -1.32. The average molecular weight is 283 g/mol. The number of nitrogens with zero attached hydrogens (tertiary/aromatic N) is 1. The highest BCUT2D eigenvalue weighted by molar-refractivity contribution is 5.85. The van der Waals surface area contributed by atoms with E-state index in [1.807, 2.05) is 0 Å². The van der Waals surface area contributed by atoms with Crippen molar-refractivity contribution in [1.82, 2.24) is 0 Å². The van der Waals surface area contributed by atoms with Crippen LogP contribution in [0.25, 0.3) is 0 Å².